The normalized spacial score (nSPS) is 14.7. The molecule has 0 atom stereocenters. The summed E-state index contributed by atoms with van der Waals surface area (Å²) in [7, 11) is 0. The lowest BCUT2D eigenvalue weighted by Gasteiger charge is -2.33. The number of anilines is 3. The minimum Gasteiger partial charge on any atom is -0.352 e. The van der Waals surface area contributed by atoms with Crippen molar-refractivity contribution in [1.82, 2.24) is 20.1 Å². The zero-order valence-electron chi connectivity index (χ0n) is 13.1. The van der Waals surface area contributed by atoms with Crippen LogP contribution >= 0.6 is 0 Å². The van der Waals surface area contributed by atoms with Gasteiger partial charge >= 0.3 is 0 Å². The third-order valence-electron chi connectivity index (χ3n) is 3.98. The van der Waals surface area contributed by atoms with Crippen molar-refractivity contribution in [3.63, 3.8) is 0 Å². The van der Waals surface area contributed by atoms with Gasteiger partial charge in [0.2, 0.25) is 12.4 Å². The SMILES string of the molecule is CCc1ccccc1Nc1nncc(N2CCN(C=O)CC2)n1. The fourth-order valence-electron chi connectivity index (χ4n) is 2.63. The molecule has 1 aromatic carbocycles. The minimum atomic E-state index is 0.487. The fourth-order valence-corrected chi connectivity index (χ4v) is 2.63. The molecule has 7 heteroatoms. The Bertz CT molecular complexity index is 669. The number of aryl methyl sites for hydroxylation is 1. The topological polar surface area (TPSA) is 74.2 Å². The predicted octanol–water partition coefficient (Wildman–Crippen LogP) is 1.46. The maximum absolute atomic E-state index is 10.8. The average Bonchev–Trinajstić information content (AvgIpc) is 2.62. The van der Waals surface area contributed by atoms with Crippen molar-refractivity contribution in [3.05, 3.63) is 36.0 Å². The first kappa shape index (κ1) is 15.2. The van der Waals surface area contributed by atoms with Gasteiger partial charge in [0.1, 0.15) is 0 Å². The maximum atomic E-state index is 10.8. The third kappa shape index (κ3) is 3.56. The number of hydrogen-bond acceptors (Lipinski definition) is 6. The number of carbonyl (C=O) groups excluding carboxylic acids is 1. The van der Waals surface area contributed by atoms with Crippen LogP contribution < -0.4 is 10.2 Å². The molecule has 3 rings (SSSR count). The Hall–Kier alpha value is -2.70. The van der Waals surface area contributed by atoms with Crippen molar-refractivity contribution in [2.45, 2.75) is 13.3 Å². The molecule has 1 saturated heterocycles. The smallest absolute Gasteiger partial charge is 0.249 e. The summed E-state index contributed by atoms with van der Waals surface area (Å²) >= 11 is 0. The highest BCUT2D eigenvalue weighted by atomic mass is 16.1. The van der Waals surface area contributed by atoms with Gasteiger partial charge in [-0.3, -0.25) is 4.79 Å². The quantitative estimate of drug-likeness (QED) is 0.843. The van der Waals surface area contributed by atoms with Gasteiger partial charge in [-0.2, -0.15) is 10.1 Å². The van der Waals surface area contributed by atoms with E-state index in [4.69, 9.17) is 0 Å². The Kier molecular flexibility index (Phi) is 4.65. The molecule has 0 radical (unpaired) electrons. The van der Waals surface area contributed by atoms with Crippen LogP contribution in [0.25, 0.3) is 0 Å². The van der Waals surface area contributed by atoms with Crippen molar-refractivity contribution >= 4 is 23.9 Å². The maximum Gasteiger partial charge on any atom is 0.249 e. The molecule has 1 amide bonds. The Morgan fingerprint density at radius 3 is 2.74 bits per heavy atom. The van der Waals surface area contributed by atoms with Gasteiger partial charge in [0.15, 0.2) is 5.82 Å². The molecule has 0 unspecified atom stereocenters. The first-order valence-electron chi connectivity index (χ1n) is 7.79. The summed E-state index contributed by atoms with van der Waals surface area (Å²) in [6.07, 6.45) is 3.49. The first-order chi connectivity index (χ1) is 11.3. The summed E-state index contributed by atoms with van der Waals surface area (Å²) in [6, 6.07) is 8.10. The lowest BCUT2D eigenvalue weighted by atomic mass is 10.1. The van der Waals surface area contributed by atoms with Crippen LogP contribution in [0.15, 0.2) is 30.5 Å². The van der Waals surface area contributed by atoms with E-state index >= 15 is 0 Å². The van der Waals surface area contributed by atoms with Crippen molar-refractivity contribution in [2.24, 2.45) is 0 Å². The van der Waals surface area contributed by atoms with E-state index in [1.54, 1.807) is 11.1 Å². The summed E-state index contributed by atoms with van der Waals surface area (Å²) in [6.45, 7) is 5.03. The fraction of sp³-hybridized carbons (Fsp3) is 0.375. The van der Waals surface area contributed by atoms with E-state index in [9.17, 15) is 4.79 Å². The summed E-state index contributed by atoms with van der Waals surface area (Å²) in [5, 5.41) is 11.4. The summed E-state index contributed by atoms with van der Waals surface area (Å²) in [5.74, 6) is 1.27. The molecule has 1 N–H and O–H groups in total. The molecule has 1 fully saturated rings. The van der Waals surface area contributed by atoms with Crippen molar-refractivity contribution in [3.8, 4) is 0 Å². The van der Waals surface area contributed by atoms with Gasteiger partial charge in [-0.25, -0.2) is 0 Å². The van der Waals surface area contributed by atoms with Crippen LogP contribution in [0, 0.1) is 0 Å². The number of para-hydroxylation sites is 1. The molecule has 0 spiro atoms. The average molecular weight is 312 g/mol. The van der Waals surface area contributed by atoms with E-state index in [0.29, 0.717) is 19.0 Å². The van der Waals surface area contributed by atoms with Gasteiger partial charge in [-0.05, 0) is 18.1 Å². The number of hydrogen-bond donors (Lipinski definition) is 1. The second-order valence-electron chi connectivity index (χ2n) is 5.40. The van der Waals surface area contributed by atoms with Gasteiger partial charge in [-0.1, -0.05) is 25.1 Å². The predicted molar refractivity (Wildman–Crippen MR) is 88.8 cm³/mol. The molecule has 2 aromatic rings. The zero-order chi connectivity index (χ0) is 16.1. The summed E-state index contributed by atoms with van der Waals surface area (Å²) in [5.41, 5.74) is 2.21. The summed E-state index contributed by atoms with van der Waals surface area (Å²) < 4.78 is 0. The summed E-state index contributed by atoms with van der Waals surface area (Å²) in [4.78, 5) is 19.2. The molecule has 23 heavy (non-hydrogen) atoms. The van der Waals surface area contributed by atoms with Crippen LogP contribution in [-0.4, -0.2) is 52.7 Å². The number of carbonyl (C=O) groups is 1. The second kappa shape index (κ2) is 7.04. The van der Waals surface area contributed by atoms with Crippen LogP contribution in [0.5, 0.6) is 0 Å². The number of nitrogens with zero attached hydrogens (tertiary/aromatic N) is 5. The third-order valence-corrected chi connectivity index (χ3v) is 3.98. The highest BCUT2D eigenvalue weighted by molar-refractivity contribution is 5.59. The number of benzene rings is 1. The number of nitrogens with one attached hydrogen (secondary N) is 1. The lowest BCUT2D eigenvalue weighted by Crippen LogP contribution is -2.46. The standard InChI is InChI=1S/C16H20N6O/c1-2-13-5-3-4-6-14(13)18-16-19-15(11-17-20-16)22-9-7-21(12-23)8-10-22/h3-6,11-12H,2,7-10H2,1H3,(H,18,19,20). The van der Waals surface area contributed by atoms with Gasteiger partial charge in [0, 0.05) is 31.9 Å². The van der Waals surface area contributed by atoms with E-state index in [1.165, 1.54) is 5.56 Å². The number of aromatic nitrogens is 3. The van der Waals surface area contributed by atoms with Crippen LogP contribution in [0.4, 0.5) is 17.5 Å². The van der Waals surface area contributed by atoms with E-state index < -0.39 is 0 Å². The molecular formula is C16H20N6O. The van der Waals surface area contributed by atoms with Crippen LogP contribution in [0.2, 0.25) is 0 Å². The molecule has 120 valence electrons. The molecule has 1 aliphatic rings. The molecule has 0 saturated carbocycles. The zero-order valence-corrected chi connectivity index (χ0v) is 13.1. The monoisotopic (exact) mass is 312 g/mol. The molecule has 2 heterocycles. The highest BCUT2D eigenvalue weighted by Crippen LogP contribution is 2.20. The molecule has 1 aliphatic heterocycles. The van der Waals surface area contributed by atoms with Gasteiger partial charge < -0.3 is 15.1 Å². The number of rotatable bonds is 5. The van der Waals surface area contributed by atoms with Gasteiger partial charge in [0.05, 0.1) is 6.20 Å². The van der Waals surface area contributed by atoms with Crippen LogP contribution in [0.3, 0.4) is 0 Å². The van der Waals surface area contributed by atoms with E-state index in [-0.39, 0.29) is 0 Å². The first-order valence-corrected chi connectivity index (χ1v) is 7.79. The second-order valence-corrected chi connectivity index (χ2v) is 5.40. The number of piperazine rings is 1. The number of amides is 1. The van der Waals surface area contributed by atoms with E-state index in [0.717, 1.165) is 37.4 Å². The van der Waals surface area contributed by atoms with Crippen molar-refractivity contribution < 1.29 is 4.79 Å². The Morgan fingerprint density at radius 2 is 2.00 bits per heavy atom. The van der Waals surface area contributed by atoms with Crippen molar-refractivity contribution in [2.75, 3.05) is 36.4 Å². The van der Waals surface area contributed by atoms with E-state index in [2.05, 4.69) is 38.4 Å². The molecule has 0 bridgehead atoms. The van der Waals surface area contributed by atoms with E-state index in [1.807, 2.05) is 18.2 Å². The Balaban J connectivity index is 1.74. The minimum absolute atomic E-state index is 0.487. The van der Waals surface area contributed by atoms with Crippen molar-refractivity contribution in [1.29, 1.82) is 0 Å². The Morgan fingerprint density at radius 1 is 1.22 bits per heavy atom. The molecular weight excluding hydrogens is 292 g/mol. The largest absolute Gasteiger partial charge is 0.352 e. The molecule has 0 aliphatic carbocycles. The highest BCUT2D eigenvalue weighted by Gasteiger charge is 2.17. The molecule has 1 aromatic heterocycles. The van der Waals surface area contributed by atoms with Crippen LogP contribution in [0.1, 0.15) is 12.5 Å². The molecule has 7 nitrogen and oxygen atoms in total. The lowest BCUT2D eigenvalue weighted by molar-refractivity contribution is -0.118. The Labute approximate surface area is 135 Å². The van der Waals surface area contributed by atoms with Gasteiger partial charge in [-0.15, -0.1) is 5.10 Å². The van der Waals surface area contributed by atoms with Crippen LogP contribution in [-0.2, 0) is 11.2 Å². The van der Waals surface area contributed by atoms with Gasteiger partial charge in [0.25, 0.3) is 0 Å².